The first kappa shape index (κ1) is 13.5. The van der Waals surface area contributed by atoms with Gasteiger partial charge in [0.1, 0.15) is 5.78 Å². The summed E-state index contributed by atoms with van der Waals surface area (Å²) in [7, 11) is 0. The second-order valence-electron chi connectivity index (χ2n) is 5.26. The van der Waals surface area contributed by atoms with Gasteiger partial charge in [-0.1, -0.05) is 55.5 Å². The van der Waals surface area contributed by atoms with Crippen molar-refractivity contribution >= 4 is 16.7 Å². The number of fused-ring (bicyclic) bond motifs is 1. The molecular weight excluding hydrogens is 258 g/mol. The predicted octanol–water partition coefficient (Wildman–Crippen LogP) is 4.15. The van der Waals surface area contributed by atoms with Crippen molar-refractivity contribution in [2.75, 3.05) is 0 Å². The van der Waals surface area contributed by atoms with Crippen LogP contribution in [0.2, 0.25) is 0 Å². The van der Waals surface area contributed by atoms with Crippen molar-refractivity contribution in [1.82, 2.24) is 4.98 Å². The fourth-order valence-electron chi connectivity index (χ4n) is 2.58. The summed E-state index contributed by atoms with van der Waals surface area (Å²) in [6, 6.07) is 19.8. The van der Waals surface area contributed by atoms with Gasteiger partial charge in [0.15, 0.2) is 0 Å². The van der Waals surface area contributed by atoms with Crippen molar-refractivity contribution in [3.05, 3.63) is 78.0 Å². The zero-order valence-electron chi connectivity index (χ0n) is 12.0. The number of nitrogens with zero attached hydrogens (tertiary/aromatic N) is 1. The van der Waals surface area contributed by atoms with Gasteiger partial charge in [-0.25, -0.2) is 0 Å². The van der Waals surface area contributed by atoms with E-state index in [0.29, 0.717) is 6.42 Å². The van der Waals surface area contributed by atoms with Crippen LogP contribution >= 0.6 is 0 Å². The normalized spacial score (nSPS) is 12.2. The van der Waals surface area contributed by atoms with Crippen LogP contribution in [0.4, 0.5) is 0 Å². The molecule has 104 valence electrons. The van der Waals surface area contributed by atoms with Gasteiger partial charge in [-0.2, -0.15) is 0 Å². The molecule has 0 saturated heterocycles. The second-order valence-corrected chi connectivity index (χ2v) is 5.26. The summed E-state index contributed by atoms with van der Waals surface area (Å²) in [5, 5.41) is 1.06. The van der Waals surface area contributed by atoms with E-state index in [9.17, 15) is 4.79 Å². The smallest absolute Gasteiger partial charge is 0.144 e. The maximum atomic E-state index is 12.5. The average molecular weight is 275 g/mol. The summed E-state index contributed by atoms with van der Waals surface area (Å²) in [5.41, 5.74) is 3.06. The number of para-hydroxylation sites is 1. The molecular formula is C19H17NO. The molecule has 0 aliphatic heterocycles. The molecule has 21 heavy (non-hydrogen) atoms. The third kappa shape index (κ3) is 2.84. The Bertz CT molecular complexity index is 759. The molecule has 0 radical (unpaired) electrons. The van der Waals surface area contributed by atoms with Crippen molar-refractivity contribution in [2.45, 2.75) is 19.3 Å². The average Bonchev–Trinajstić information content (AvgIpc) is 2.55. The largest absolute Gasteiger partial charge is 0.299 e. The van der Waals surface area contributed by atoms with Crippen LogP contribution in [0.25, 0.3) is 10.9 Å². The van der Waals surface area contributed by atoms with Crippen LogP contribution in [-0.2, 0) is 11.2 Å². The highest BCUT2D eigenvalue weighted by Gasteiger charge is 2.16. The number of pyridine rings is 1. The number of rotatable bonds is 4. The van der Waals surface area contributed by atoms with Crippen LogP contribution in [0.5, 0.6) is 0 Å². The Morgan fingerprint density at radius 3 is 2.52 bits per heavy atom. The van der Waals surface area contributed by atoms with E-state index < -0.39 is 0 Å². The SMILES string of the molecule is CC(C(=O)Cc1ccnc2ccccc12)c1ccccc1. The Morgan fingerprint density at radius 1 is 1.00 bits per heavy atom. The predicted molar refractivity (Wildman–Crippen MR) is 85.3 cm³/mol. The summed E-state index contributed by atoms with van der Waals surface area (Å²) in [6.07, 6.45) is 2.22. The number of benzene rings is 2. The minimum Gasteiger partial charge on any atom is -0.299 e. The quantitative estimate of drug-likeness (QED) is 0.716. The molecule has 1 aromatic heterocycles. The molecule has 1 atom stereocenters. The van der Waals surface area contributed by atoms with E-state index in [4.69, 9.17) is 0 Å². The van der Waals surface area contributed by atoms with E-state index >= 15 is 0 Å². The van der Waals surface area contributed by atoms with E-state index in [-0.39, 0.29) is 11.7 Å². The Hall–Kier alpha value is -2.48. The first-order valence-corrected chi connectivity index (χ1v) is 7.16. The van der Waals surface area contributed by atoms with Gasteiger partial charge < -0.3 is 0 Å². The molecule has 1 unspecified atom stereocenters. The second kappa shape index (κ2) is 5.88. The zero-order valence-corrected chi connectivity index (χ0v) is 12.0. The lowest BCUT2D eigenvalue weighted by atomic mass is 9.92. The number of Topliss-reactive ketones (excluding diaryl/α,β-unsaturated/α-hetero) is 1. The molecule has 0 saturated carbocycles. The Labute approximate surface area is 124 Å². The van der Waals surface area contributed by atoms with Gasteiger partial charge >= 0.3 is 0 Å². The molecule has 2 nitrogen and oxygen atoms in total. The highest BCUT2D eigenvalue weighted by Crippen LogP contribution is 2.21. The van der Waals surface area contributed by atoms with Crippen molar-refractivity contribution in [1.29, 1.82) is 0 Å². The van der Waals surface area contributed by atoms with Crippen LogP contribution in [0, 0.1) is 0 Å². The highest BCUT2D eigenvalue weighted by molar-refractivity contribution is 5.92. The summed E-state index contributed by atoms with van der Waals surface area (Å²) >= 11 is 0. The minimum atomic E-state index is -0.0851. The third-order valence-corrected chi connectivity index (χ3v) is 3.89. The van der Waals surface area contributed by atoms with Crippen LogP contribution in [0.3, 0.4) is 0 Å². The van der Waals surface area contributed by atoms with Crippen LogP contribution in [0.15, 0.2) is 66.9 Å². The highest BCUT2D eigenvalue weighted by atomic mass is 16.1. The third-order valence-electron chi connectivity index (χ3n) is 3.89. The van der Waals surface area contributed by atoms with Gasteiger partial charge in [0.25, 0.3) is 0 Å². The number of hydrogen-bond donors (Lipinski definition) is 0. The van der Waals surface area contributed by atoms with E-state index in [1.54, 1.807) is 6.20 Å². The maximum Gasteiger partial charge on any atom is 0.144 e. The van der Waals surface area contributed by atoms with Crippen molar-refractivity contribution in [3.63, 3.8) is 0 Å². The van der Waals surface area contributed by atoms with Gasteiger partial charge in [-0.15, -0.1) is 0 Å². The first-order chi connectivity index (χ1) is 10.3. The van der Waals surface area contributed by atoms with Gasteiger partial charge in [0.2, 0.25) is 0 Å². The van der Waals surface area contributed by atoms with Crippen LogP contribution in [-0.4, -0.2) is 10.8 Å². The van der Waals surface area contributed by atoms with Gasteiger partial charge in [0, 0.05) is 23.9 Å². The fourth-order valence-corrected chi connectivity index (χ4v) is 2.58. The Kier molecular flexibility index (Phi) is 3.78. The van der Waals surface area contributed by atoms with E-state index in [2.05, 4.69) is 4.98 Å². The van der Waals surface area contributed by atoms with Crippen LogP contribution in [0.1, 0.15) is 24.0 Å². The molecule has 0 aliphatic carbocycles. The molecule has 2 aromatic carbocycles. The molecule has 2 heteroatoms. The standard InChI is InChI=1S/C19H17NO/c1-14(15-7-3-2-4-8-15)19(21)13-16-11-12-20-18-10-6-5-9-17(16)18/h2-12,14H,13H2,1H3. The lowest BCUT2D eigenvalue weighted by Gasteiger charge is -2.12. The molecule has 3 rings (SSSR count). The molecule has 3 aromatic rings. The lowest BCUT2D eigenvalue weighted by Crippen LogP contribution is -2.12. The maximum absolute atomic E-state index is 12.5. The molecule has 1 heterocycles. The monoisotopic (exact) mass is 275 g/mol. The summed E-state index contributed by atoms with van der Waals surface area (Å²) in [6.45, 7) is 1.97. The number of hydrogen-bond acceptors (Lipinski definition) is 2. The molecule has 0 spiro atoms. The molecule has 0 aliphatic rings. The lowest BCUT2D eigenvalue weighted by molar-refractivity contribution is -0.119. The summed E-state index contributed by atoms with van der Waals surface area (Å²) < 4.78 is 0. The van der Waals surface area contributed by atoms with Crippen LogP contribution < -0.4 is 0 Å². The van der Waals surface area contributed by atoms with Crippen molar-refractivity contribution < 1.29 is 4.79 Å². The van der Waals surface area contributed by atoms with Gasteiger partial charge in [-0.05, 0) is 23.3 Å². The van der Waals surface area contributed by atoms with Gasteiger partial charge in [-0.3, -0.25) is 9.78 Å². The molecule has 0 fully saturated rings. The summed E-state index contributed by atoms with van der Waals surface area (Å²) in [5.74, 6) is 0.149. The number of ketones is 1. The molecule has 0 amide bonds. The van der Waals surface area contributed by atoms with Gasteiger partial charge in [0.05, 0.1) is 5.52 Å². The minimum absolute atomic E-state index is 0.0851. The first-order valence-electron chi connectivity index (χ1n) is 7.16. The zero-order chi connectivity index (χ0) is 14.7. The van der Waals surface area contributed by atoms with E-state index in [1.165, 1.54) is 0 Å². The summed E-state index contributed by atoms with van der Waals surface area (Å²) in [4.78, 5) is 16.9. The van der Waals surface area contributed by atoms with E-state index in [0.717, 1.165) is 22.0 Å². The Balaban J connectivity index is 1.87. The Morgan fingerprint density at radius 2 is 1.71 bits per heavy atom. The number of carbonyl (C=O) groups excluding carboxylic acids is 1. The van der Waals surface area contributed by atoms with Crippen molar-refractivity contribution in [2.24, 2.45) is 0 Å². The topological polar surface area (TPSA) is 30.0 Å². The molecule has 0 bridgehead atoms. The molecule has 0 N–H and O–H groups in total. The number of carbonyl (C=O) groups is 1. The number of aromatic nitrogens is 1. The van der Waals surface area contributed by atoms with Crippen molar-refractivity contribution in [3.8, 4) is 0 Å². The fraction of sp³-hybridized carbons (Fsp3) is 0.158. The van der Waals surface area contributed by atoms with E-state index in [1.807, 2.05) is 67.6 Å².